The Balaban J connectivity index is 1.47. The number of benzene rings is 1. The second kappa shape index (κ2) is 6.33. The lowest BCUT2D eigenvalue weighted by Crippen LogP contribution is -2.54. The van der Waals surface area contributed by atoms with Crippen LogP contribution in [0.3, 0.4) is 0 Å². The number of carbonyl (C=O) groups excluding carboxylic acids is 1. The molecule has 6 heteroatoms. The van der Waals surface area contributed by atoms with Crippen molar-refractivity contribution in [3.63, 3.8) is 0 Å². The van der Waals surface area contributed by atoms with Crippen LogP contribution in [0, 0.1) is 0 Å². The summed E-state index contributed by atoms with van der Waals surface area (Å²) in [7, 11) is 0. The van der Waals surface area contributed by atoms with Gasteiger partial charge in [0.1, 0.15) is 5.82 Å². The van der Waals surface area contributed by atoms with E-state index in [0.29, 0.717) is 32.3 Å². The summed E-state index contributed by atoms with van der Waals surface area (Å²) in [4.78, 5) is 19.2. The highest BCUT2D eigenvalue weighted by atomic mass is 16.5. The van der Waals surface area contributed by atoms with Crippen molar-refractivity contribution in [2.75, 3.05) is 19.7 Å². The molecule has 0 radical (unpaired) electrons. The first-order valence-corrected chi connectivity index (χ1v) is 9.22. The van der Waals surface area contributed by atoms with Crippen LogP contribution in [0.15, 0.2) is 24.3 Å². The number of imidazole rings is 1. The minimum Gasteiger partial charge on any atom is -0.372 e. The van der Waals surface area contributed by atoms with Crippen LogP contribution in [0.4, 0.5) is 4.79 Å². The van der Waals surface area contributed by atoms with Gasteiger partial charge in [-0.15, -0.1) is 0 Å². The summed E-state index contributed by atoms with van der Waals surface area (Å²) < 4.78 is 8.12. The standard InChI is InChI=1S/C19H26N4O2/c1-3-19(2)13-22(10-11-25-19)18(24)20-12-17-21-15-6-4-5-7-16(15)23(17)14-8-9-14/h4-7,14H,3,8-13H2,1-2H3,(H,20,24)/t19-/m1/s1. The predicted molar refractivity (Wildman–Crippen MR) is 96.5 cm³/mol. The van der Waals surface area contributed by atoms with Gasteiger partial charge in [-0.3, -0.25) is 0 Å². The molecule has 4 rings (SSSR count). The van der Waals surface area contributed by atoms with E-state index in [2.05, 4.69) is 29.8 Å². The highest BCUT2D eigenvalue weighted by Gasteiger charge is 2.33. The average Bonchev–Trinajstić information content (AvgIpc) is 3.40. The van der Waals surface area contributed by atoms with Crippen molar-refractivity contribution >= 4 is 17.1 Å². The van der Waals surface area contributed by atoms with Gasteiger partial charge in [0.25, 0.3) is 0 Å². The first-order chi connectivity index (χ1) is 12.1. The zero-order valence-electron chi connectivity index (χ0n) is 15.0. The maximum Gasteiger partial charge on any atom is 0.317 e. The van der Waals surface area contributed by atoms with Gasteiger partial charge in [-0.1, -0.05) is 19.1 Å². The number of nitrogens with zero attached hydrogens (tertiary/aromatic N) is 3. The molecule has 25 heavy (non-hydrogen) atoms. The van der Waals surface area contributed by atoms with E-state index in [9.17, 15) is 4.79 Å². The van der Waals surface area contributed by atoms with Crippen molar-refractivity contribution < 1.29 is 9.53 Å². The molecular weight excluding hydrogens is 316 g/mol. The molecule has 1 aromatic heterocycles. The predicted octanol–water partition coefficient (Wildman–Crippen LogP) is 3.08. The minimum atomic E-state index is -0.239. The van der Waals surface area contributed by atoms with Gasteiger partial charge in [0.15, 0.2) is 0 Å². The van der Waals surface area contributed by atoms with E-state index in [0.717, 1.165) is 17.8 Å². The fraction of sp³-hybridized carbons (Fsp3) is 0.579. The Bertz CT molecular complexity index is 783. The monoisotopic (exact) mass is 342 g/mol. The van der Waals surface area contributed by atoms with Crippen molar-refractivity contribution in [3.05, 3.63) is 30.1 Å². The number of urea groups is 1. The number of para-hydroxylation sites is 2. The van der Waals surface area contributed by atoms with Gasteiger partial charge in [0, 0.05) is 12.6 Å². The topological polar surface area (TPSA) is 59.4 Å². The summed E-state index contributed by atoms with van der Waals surface area (Å²) in [6, 6.07) is 8.71. The third-order valence-electron chi connectivity index (χ3n) is 5.35. The minimum absolute atomic E-state index is 0.0302. The highest BCUT2D eigenvalue weighted by Crippen LogP contribution is 2.38. The quantitative estimate of drug-likeness (QED) is 0.929. The van der Waals surface area contributed by atoms with Crippen molar-refractivity contribution in [3.8, 4) is 0 Å². The van der Waals surface area contributed by atoms with Crippen LogP contribution in [0.1, 0.15) is 45.0 Å². The summed E-state index contributed by atoms with van der Waals surface area (Å²) in [6.07, 6.45) is 3.29. The van der Waals surface area contributed by atoms with Crippen molar-refractivity contribution in [2.24, 2.45) is 0 Å². The van der Waals surface area contributed by atoms with Gasteiger partial charge >= 0.3 is 6.03 Å². The molecule has 2 fully saturated rings. The summed E-state index contributed by atoms with van der Waals surface area (Å²) in [5.74, 6) is 0.948. The van der Waals surface area contributed by atoms with E-state index in [1.54, 1.807) is 0 Å². The number of amides is 2. The van der Waals surface area contributed by atoms with Gasteiger partial charge < -0.3 is 19.5 Å². The molecule has 2 amide bonds. The Morgan fingerprint density at radius 2 is 2.20 bits per heavy atom. The summed E-state index contributed by atoms with van der Waals surface area (Å²) in [5, 5.41) is 3.06. The van der Waals surface area contributed by atoms with Gasteiger partial charge in [-0.05, 0) is 38.3 Å². The number of fused-ring (bicyclic) bond motifs is 1. The molecule has 2 heterocycles. The third-order valence-corrected chi connectivity index (χ3v) is 5.35. The van der Waals surface area contributed by atoms with Crippen LogP contribution in [0.5, 0.6) is 0 Å². The first-order valence-electron chi connectivity index (χ1n) is 9.22. The van der Waals surface area contributed by atoms with Crippen LogP contribution >= 0.6 is 0 Å². The first kappa shape index (κ1) is 16.4. The summed E-state index contributed by atoms with van der Waals surface area (Å²) >= 11 is 0. The van der Waals surface area contributed by atoms with Crippen molar-refractivity contribution in [1.29, 1.82) is 0 Å². The smallest absolute Gasteiger partial charge is 0.317 e. The summed E-state index contributed by atoms with van der Waals surface area (Å²) in [5.41, 5.74) is 1.93. The molecular formula is C19H26N4O2. The average molecular weight is 342 g/mol. The van der Waals surface area contributed by atoms with E-state index in [4.69, 9.17) is 9.72 Å². The molecule has 2 aromatic rings. The molecule has 0 unspecified atom stereocenters. The molecule has 0 spiro atoms. The Labute approximate surface area is 148 Å². The normalized spacial score (nSPS) is 23.8. The summed E-state index contributed by atoms with van der Waals surface area (Å²) in [6.45, 7) is 6.50. The zero-order chi connectivity index (χ0) is 17.4. The molecule has 1 saturated carbocycles. The molecule has 2 aliphatic rings. The number of aromatic nitrogens is 2. The number of hydrogen-bond acceptors (Lipinski definition) is 3. The Hall–Kier alpha value is -2.08. The number of nitrogens with one attached hydrogen (secondary N) is 1. The van der Waals surface area contributed by atoms with Gasteiger partial charge in [-0.2, -0.15) is 0 Å². The van der Waals surface area contributed by atoms with Crippen LogP contribution in [-0.2, 0) is 11.3 Å². The van der Waals surface area contributed by atoms with E-state index in [1.807, 2.05) is 23.1 Å². The lowest BCUT2D eigenvalue weighted by Gasteiger charge is -2.39. The molecule has 1 N–H and O–H groups in total. The maximum absolute atomic E-state index is 12.6. The number of morpholine rings is 1. The molecule has 6 nitrogen and oxygen atoms in total. The van der Waals surface area contributed by atoms with E-state index in [1.165, 1.54) is 18.4 Å². The van der Waals surface area contributed by atoms with Crippen LogP contribution in [-0.4, -0.2) is 45.8 Å². The Kier molecular flexibility index (Phi) is 4.15. The van der Waals surface area contributed by atoms with E-state index in [-0.39, 0.29) is 11.6 Å². The number of hydrogen-bond donors (Lipinski definition) is 1. The second-order valence-electron chi connectivity index (χ2n) is 7.35. The number of rotatable bonds is 4. The molecule has 1 aliphatic carbocycles. The lowest BCUT2D eigenvalue weighted by atomic mass is 10.0. The fourth-order valence-corrected chi connectivity index (χ4v) is 3.54. The molecule has 1 aromatic carbocycles. The lowest BCUT2D eigenvalue weighted by molar-refractivity contribution is -0.0873. The second-order valence-corrected chi connectivity index (χ2v) is 7.35. The zero-order valence-corrected chi connectivity index (χ0v) is 15.0. The maximum atomic E-state index is 12.6. The molecule has 1 saturated heterocycles. The van der Waals surface area contributed by atoms with Crippen LogP contribution in [0.2, 0.25) is 0 Å². The Morgan fingerprint density at radius 3 is 2.96 bits per heavy atom. The number of ether oxygens (including phenoxy) is 1. The number of carbonyl (C=O) groups is 1. The van der Waals surface area contributed by atoms with Crippen LogP contribution in [0.25, 0.3) is 11.0 Å². The van der Waals surface area contributed by atoms with Crippen LogP contribution < -0.4 is 5.32 Å². The molecule has 0 bridgehead atoms. The molecule has 1 aliphatic heterocycles. The van der Waals surface area contributed by atoms with E-state index < -0.39 is 0 Å². The largest absolute Gasteiger partial charge is 0.372 e. The Morgan fingerprint density at radius 1 is 1.40 bits per heavy atom. The van der Waals surface area contributed by atoms with Gasteiger partial charge in [0.2, 0.25) is 0 Å². The van der Waals surface area contributed by atoms with Gasteiger partial charge in [0.05, 0.1) is 36.3 Å². The highest BCUT2D eigenvalue weighted by molar-refractivity contribution is 5.77. The van der Waals surface area contributed by atoms with E-state index >= 15 is 0 Å². The van der Waals surface area contributed by atoms with Gasteiger partial charge in [-0.25, -0.2) is 9.78 Å². The fourth-order valence-electron chi connectivity index (χ4n) is 3.54. The SMILES string of the molecule is CC[C@]1(C)CN(C(=O)NCc2nc3ccccc3n2C2CC2)CCO1. The molecule has 1 atom stereocenters. The molecule has 134 valence electrons. The third kappa shape index (κ3) is 3.23. The van der Waals surface area contributed by atoms with Crippen molar-refractivity contribution in [1.82, 2.24) is 19.8 Å². The van der Waals surface area contributed by atoms with Crippen molar-refractivity contribution in [2.45, 2.75) is 51.3 Å².